The molecule has 1 unspecified atom stereocenters. The highest BCUT2D eigenvalue weighted by Gasteiger charge is 2.08. The number of rotatable bonds is 9. The van der Waals surface area contributed by atoms with E-state index in [0.717, 1.165) is 32.4 Å². The van der Waals surface area contributed by atoms with Crippen LogP contribution in [0.3, 0.4) is 0 Å². The third kappa shape index (κ3) is 4.86. The quantitative estimate of drug-likeness (QED) is 0.747. The van der Waals surface area contributed by atoms with E-state index in [4.69, 9.17) is 0 Å². The summed E-state index contributed by atoms with van der Waals surface area (Å²) in [5.74, 6) is 0. The molecule has 0 aliphatic heterocycles. The lowest BCUT2D eigenvalue weighted by molar-refractivity contribution is 0.435. The average Bonchev–Trinajstić information content (AvgIpc) is 2.75. The number of imidazole rings is 1. The lowest BCUT2D eigenvalue weighted by Gasteiger charge is -2.16. The van der Waals surface area contributed by atoms with Gasteiger partial charge in [-0.05, 0) is 46.1 Å². The van der Waals surface area contributed by atoms with Gasteiger partial charge in [-0.1, -0.05) is 13.8 Å². The molecule has 1 heterocycles. The van der Waals surface area contributed by atoms with E-state index in [1.54, 1.807) is 4.57 Å². The van der Waals surface area contributed by atoms with Gasteiger partial charge in [0, 0.05) is 31.0 Å². The van der Waals surface area contributed by atoms with E-state index in [1.807, 2.05) is 30.8 Å². The highest BCUT2D eigenvalue weighted by atomic mass is 16.1. The van der Waals surface area contributed by atoms with Crippen LogP contribution < -0.4 is 11.0 Å². The average molecular weight is 267 g/mol. The molecule has 0 aliphatic carbocycles. The number of hydrogen-bond donors (Lipinski definition) is 1. The standard InChI is InChI=1S/C15H29N3O/c1-5-9-16-14(6-2)8-7-10-17-11-12-18(13(3)4)15(17)19/h11-14,16H,5-10H2,1-4H3. The zero-order valence-electron chi connectivity index (χ0n) is 12.9. The van der Waals surface area contributed by atoms with Crippen LogP contribution in [0.15, 0.2) is 17.2 Å². The zero-order valence-corrected chi connectivity index (χ0v) is 12.9. The largest absolute Gasteiger partial charge is 0.328 e. The van der Waals surface area contributed by atoms with E-state index < -0.39 is 0 Å². The summed E-state index contributed by atoms with van der Waals surface area (Å²) in [6.07, 6.45) is 8.31. The van der Waals surface area contributed by atoms with Crippen molar-refractivity contribution in [3.05, 3.63) is 22.9 Å². The van der Waals surface area contributed by atoms with Crippen molar-refractivity contribution in [3.63, 3.8) is 0 Å². The van der Waals surface area contributed by atoms with E-state index in [9.17, 15) is 4.79 Å². The summed E-state index contributed by atoms with van der Waals surface area (Å²) in [5.41, 5.74) is 0.115. The number of aryl methyl sites for hydroxylation is 1. The Morgan fingerprint density at radius 2 is 2.00 bits per heavy atom. The van der Waals surface area contributed by atoms with Crippen LogP contribution in [0, 0.1) is 0 Å². The number of nitrogens with one attached hydrogen (secondary N) is 1. The van der Waals surface area contributed by atoms with Crippen LogP contribution in [0.5, 0.6) is 0 Å². The van der Waals surface area contributed by atoms with Gasteiger partial charge in [-0.3, -0.25) is 9.13 Å². The maximum atomic E-state index is 12.0. The molecule has 4 heteroatoms. The van der Waals surface area contributed by atoms with Gasteiger partial charge in [0.05, 0.1) is 0 Å². The second kappa shape index (κ2) is 8.20. The molecule has 4 nitrogen and oxygen atoms in total. The third-order valence-electron chi connectivity index (χ3n) is 3.56. The highest BCUT2D eigenvalue weighted by Crippen LogP contribution is 2.04. The highest BCUT2D eigenvalue weighted by molar-refractivity contribution is 4.83. The molecule has 0 fully saturated rings. The molecule has 19 heavy (non-hydrogen) atoms. The van der Waals surface area contributed by atoms with Crippen LogP contribution >= 0.6 is 0 Å². The minimum Gasteiger partial charge on any atom is -0.314 e. The van der Waals surface area contributed by atoms with E-state index in [-0.39, 0.29) is 11.7 Å². The predicted molar refractivity (Wildman–Crippen MR) is 80.7 cm³/mol. The fourth-order valence-corrected chi connectivity index (χ4v) is 2.30. The normalized spacial score (nSPS) is 13.1. The molecule has 0 spiro atoms. The minimum absolute atomic E-state index is 0.115. The summed E-state index contributed by atoms with van der Waals surface area (Å²) in [6.45, 7) is 10.4. The molecule has 110 valence electrons. The van der Waals surface area contributed by atoms with Crippen molar-refractivity contribution in [2.45, 2.75) is 72.0 Å². The first-order chi connectivity index (χ1) is 9.10. The topological polar surface area (TPSA) is 39.0 Å². The van der Waals surface area contributed by atoms with Crippen LogP contribution in [-0.2, 0) is 6.54 Å². The molecule has 0 saturated carbocycles. The Bertz CT molecular complexity index is 406. The van der Waals surface area contributed by atoms with Crippen molar-refractivity contribution < 1.29 is 0 Å². The maximum absolute atomic E-state index is 12.0. The van der Waals surface area contributed by atoms with Gasteiger partial charge in [0.1, 0.15) is 0 Å². The lowest BCUT2D eigenvalue weighted by Crippen LogP contribution is -2.30. The molecule has 0 bridgehead atoms. The van der Waals surface area contributed by atoms with Crippen molar-refractivity contribution in [3.8, 4) is 0 Å². The predicted octanol–water partition coefficient (Wildman–Crippen LogP) is 2.79. The fourth-order valence-electron chi connectivity index (χ4n) is 2.30. The number of aromatic nitrogens is 2. The summed E-state index contributed by atoms with van der Waals surface area (Å²) in [7, 11) is 0. The lowest BCUT2D eigenvalue weighted by atomic mass is 10.1. The first-order valence-corrected chi connectivity index (χ1v) is 7.60. The van der Waals surface area contributed by atoms with Crippen LogP contribution in [0.25, 0.3) is 0 Å². The Balaban J connectivity index is 2.42. The number of nitrogens with zero attached hydrogens (tertiary/aromatic N) is 2. The molecule has 1 aromatic rings. The number of hydrogen-bond acceptors (Lipinski definition) is 2. The van der Waals surface area contributed by atoms with E-state index >= 15 is 0 Å². The van der Waals surface area contributed by atoms with Gasteiger partial charge >= 0.3 is 5.69 Å². The summed E-state index contributed by atoms with van der Waals surface area (Å²) < 4.78 is 3.61. The van der Waals surface area contributed by atoms with Crippen LogP contribution in [0.2, 0.25) is 0 Å². The van der Waals surface area contributed by atoms with Crippen molar-refractivity contribution in [1.29, 1.82) is 0 Å². The maximum Gasteiger partial charge on any atom is 0.328 e. The van der Waals surface area contributed by atoms with Gasteiger partial charge in [0.2, 0.25) is 0 Å². The van der Waals surface area contributed by atoms with E-state index in [0.29, 0.717) is 6.04 Å². The molecule has 0 saturated heterocycles. The van der Waals surface area contributed by atoms with Crippen molar-refractivity contribution >= 4 is 0 Å². The summed E-state index contributed by atoms with van der Waals surface area (Å²) in [4.78, 5) is 12.0. The molecule has 1 atom stereocenters. The van der Waals surface area contributed by atoms with Crippen LogP contribution in [0.1, 0.15) is 59.4 Å². The molecular formula is C15H29N3O. The minimum atomic E-state index is 0.115. The molecule has 1 aromatic heterocycles. The second-order valence-electron chi connectivity index (χ2n) is 5.48. The van der Waals surface area contributed by atoms with Gasteiger partial charge in [0.25, 0.3) is 0 Å². The molecule has 1 rings (SSSR count). The Kier molecular flexibility index (Phi) is 6.92. The first kappa shape index (κ1) is 16.0. The van der Waals surface area contributed by atoms with E-state index in [1.165, 1.54) is 6.42 Å². The third-order valence-corrected chi connectivity index (χ3v) is 3.56. The van der Waals surface area contributed by atoms with Gasteiger partial charge in [-0.25, -0.2) is 4.79 Å². The van der Waals surface area contributed by atoms with Gasteiger partial charge in [0.15, 0.2) is 0 Å². The summed E-state index contributed by atoms with van der Waals surface area (Å²) in [5, 5.41) is 3.55. The Morgan fingerprint density at radius 3 is 2.53 bits per heavy atom. The van der Waals surface area contributed by atoms with Crippen molar-refractivity contribution in [2.75, 3.05) is 6.54 Å². The summed E-state index contributed by atoms with van der Waals surface area (Å²) >= 11 is 0. The smallest absolute Gasteiger partial charge is 0.314 e. The first-order valence-electron chi connectivity index (χ1n) is 7.60. The van der Waals surface area contributed by atoms with Gasteiger partial charge in [-0.2, -0.15) is 0 Å². The zero-order chi connectivity index (χ0) is 14.3. The van der Waals surface area contributed by atoms with E-state index in [2.05, 4.69) is 19.2 Å². The Morgan fingerprint density at radius 1 is 1.26 bits per heavy atom. The van der Waals surface area contributed by atoms with Gasteiger partial charge in [-0.15, -0.1) is 0 Å². The molecule has 0 aromatic carbocycles. The molecule has 0 amide bonds. The Hall–Kier alpha value is -1.03. The molecule has 1 N–H and O–H groups in total. The Labute approximate surface area is 116 Å². The SMILES string of the molecule is CCCNC(CC)CCCn1ccn(C(C)C)c1=O. The summed E-state index contributed by atoms with van der Waals surface area (Å²) in [6, 6.07) is 0.825. The monoisotopic (exact) mass is 267 g/mol. The molecule has 0 radical (unpaired) electrons. The van der Waals surface area contributed by atoms with Crippen LogP contribution in [0.4, 0.5) is 0 Å². The van der Waals surface area contributed by atoms with Gasteiger partial charge < -0.3 is 5.32 Å². The fraction of sp³-hybridized carbons (Fsp3) is 0.800. The van der Waals surface area contributed by atoms with Crippen LogP contribution in [-0.4, -0.2) is 21.7 Å². The van der Waals surface area contributed by atoms with Crippen molar-refractivity contribution in [2.24, 2.45) is 0 Å². The molecule has 0 aliphatic rings. The molecular weight excluding hydrogens is 238 g/mol. The van der Waals surface area contributed by atoms with Crippen molar-refractivity contribution in [1.82, 2.24) is 14.5 Å². The second-order valence-corrected chi connectivity index (χ2v) is 5.48.